The van der Waals surface area contributed by atoms with Crippen LogP contribution < -0.4 is 10.6 Å². The van der Waals surface area contributed by atoms with Gasteiger partial charge in [-0.15, -0.1) is 0 Å². The van der Waals surface area contributed by atoms with E-state index in [0.29, 0.717) is 6.42 Å². The highest BCUT2D eigenvalue weighted by Gasteiger charge is 2.41. The molecule has 0 saturated heterocycles. The molecule has 1 aliphatic heterocycles. The molecule has 22 heavy (non-hydrogen) atoms. The molecule has 2 aromatic carbocycles. The molecule has 2 unspecified atom stereocenters. The van der Waals surface area contributed by atoms with Gasteiger partial charge in [-0.2, -0.15) is 0 Å². The molecule has 1 aliphatic rings. The van der Waals surface area contributed by atoms with Gasteiger partial charge in [0.15, 0.2) is 0 Å². The largest absolute Gasteiger partial charge is 0.309 e. The van der Waals surface area contributed by atoms with Crippen LogP contribution >= 0.6 is 15.9 Å². The van der Waals surface area contributed by atoms with Crippen LogP contribution in [0.2, 0.25) is 0 Å². The van der Waals surface area contributed by atoms with Gasteiger partial charge in [0.2, 0.25) is 5.91 Å². The molecular weight excluding hydrogens is 340 g/mol. The van der Waals surface area contributed by atoms with Gasteiger partial charge >= 0.3 is 0 Å². The smallest absolute Gasteiger partial charge is 0.225 e. The van der Waals surface area contributed by atoms with Crippen molar-refractivity contribution in [2.45, 2.75) is 31.8 Å². The van der Waals surface area contributed by atoms with Gasteiger partial charge in [-0.1, -0.05) is 52.3 Å². The van der Waals surface area contributed by atoms with E-state index in [1.165, 1.54) is 5.56 Å². The zero-order valence-corrected chi connectivity index (χ0v) is 14.3. The maximum Gasteiger partial charge on any atom is 0.225 e. The fourth-order valence-corrected chi connectivity index (χ4v) is 3.76. The number of carbonyl (C=O) groups is 1. The molecule has 3 rings (SSSR count). The fourth-order valence-electron chi connectivity index (χ4n) is 3.41. The Balaban J connectivity index is 2.20. The summed E-state index contributed by atoms with van der Waals surface area (Å²) in [6.07, 6.45) is 0.700. The predicted molar refractivity (Wildman–Crippen MR) is 92.8 cm³/mol. The molecule has 0 fully saturated rings. The first-order valence-electron chi connectivity index (χ1n) is 7.34. The summed E-state index contributed by atoms with van der Waals surface area (Å²) in [6, 6.07) is 16.4. The van der Waals surface area contributed by atoms with Crippen molar-refractivity contribution in [3.05, 3.63) is 64.1 Å². The Morgan fingerprint density at radius 1 is 1.27 bits per heavy atom. The molecular formula is C18H19BrN2O. The van der Waals surface area contributed by atoms with E-state index in [1.807, 2.05) is 37.3 Å². The van der Waals surface area contributed by atoms with Crippen molar-refractivity contribution in [3.8, 4) is 0 Å². The Morgan fingerprint density at radius 3 is 2.59 bits per heavy atom. The molecule has 0 spiro atoms. The molecule has 0 aliphatic carbocycles. The van der Waals surface area contributed by atoms with Crippen LogP contribution in [0.25, 0.3) is 0 Å². The molecule has 2 aromatic rings. The number of hydrogen-bond acceptors (Lipinski definition) is 2. The molecule has 1 heterocycles. The highest BCUT2D eigenvalue weighted by Crippen LogP contribution is 2.45. The molecule has 114 valence electrons. The highest BCUT2D eigenvalue weighted by atomic mass is 79.9. The molecule has 0 radical (unpaired) electrons. The van der Waals surface area contributed by atoms with Crippen molar-refractivity contribution in [3.63, 3.8) is 0 Å². The highest BCUT2D eigenvalue weighted by molar-refractivity contribution is 9.10. The molecule has 0 aromatic heterocycles. The summed E-state index contributed by atoms with van der Waals surface area (Å²) in [7, 11) is 0. The van der Waals surface area contributed by atoms with E-state index in [9.17, 15) is 4.79 Å². The average molecular weight is 359 g/mol. The molecule has 0 saturated carbocycles. The zero-order valence-electron chi connectivity index (χ0n) is 12.7. The number of benzene rings is 2. The Labute approximate surface area is 139 Å². The van der Waals surface area contributed by atoms with Gasteiger partial charge < -0.3 is 5.73 Å². The summed E-state index contributed by atoms with van der Waals surface area (Å²) >= 11 is 3.50. The molecule has 2 atom stereocenters. The quantitative estimate of drug-likeness (QED) is 0.836. The summed E-state index contributed by atoms with van der Waals surface area (Å²) in [5.74, 6) is 0.158. The lowest BCUT2D eigenvalue weighted by molar-refractivity contribution is -0.117. The van der Waals surface area contributed by atoms with E-state index in [1.54, 1.807) is 11.8 Å². The van der Waals surface area contributed by atoms with Crippen molar-refractivity contribution in [2.75, 3.05) is 4.90 Å². The Bertz CT molecular complexity index is 712. The lowest BCUT2D eigenvalue weighted by Gasteiger charge is -2.46. The van der Waals surface area contributed by atoms with E-state index in [2.05, 4.69) is 34.1 Å². The third kappa shape index (κ3) is 2.57. The topological polar surface area (TPSA) is 46.3 Å². The first-order chi connectivity index (χ1) is 10.4. The van der Waals surface area contributed by atoms with Crippen LogP contribution in [0.5, 0.6) is 0 Å². The summed E-state index contributed by atoms with van der Waals surface area (Å²) in [5.41, 5.74) is 9.07. The second-order valence-electron chi connectivity index (χ2n) is 6.08. The Morgan fingerprint density at radius 2 is 1.95 bits per heavy atom. The molecule has 2 N–H and O–H groups in total. The van der Waals surface area contributed by atoms with Crippen molar-refractivity contribution in [2.24, 2.45) is 5.73 Å². The summed E-state index contributed by atoms with van der Waals surface area (Å²) in [5, 5.41) is 0. The van der Waals surface area contributed by atoms with Crippen LogP contribution in [0, 0.1) is 0 Å². The van der Waals surface area contributed by atoms with Crippen LogP contribution in [0.1, 0.15) is 37.3 Å². The van der Waals surface area contributed by atoms with Gasteiger partial charge in [0.1, 0.15) is 0 Å². The van der Waals surface area contributed by atoms with E-state index in [0.717, 1.165) is 15.7 Å². The number of nitrogens with two attached hydrogens (primary N) is 1. The minimum absolute atomic E-state index is 0.0316. The predicted octanol–water partition coefficient (Wildman–Crippen LogP) is 4.01. The molecule has 4 heteroatoms. The van der Waals surface area contributed by atoms with Crippen LogP contribution in [0.4, 0.5) is 5.69 Å². The maximum absolute atomic E-state index is 12.2. The van der Waals surface area contributed by atoms with Gasteiger partial charge in [0.05, 0.1) is 11.4 Å². The normalized spacial score (nSPS) is 24.0. The standard InChI is InChI=1S/C18H19BrN2O/c1-12(22)21-17-10-14(19)8-9-15(17)16(11-18(21,2)20)13-6-4-3-5-7-13/h3-10,16H,11,20H2,1-2H3. The van der Waals surface area contributed by atoms with Crippen LogP contribution in [0.3, 0.4) is 0 Å². The Hall–Kier alpha value is -1.65. The number of hydrogen-bond donors (Lipinski definition) is 1. The third-order valence-electron chi connectivity index (χ3n) is 4.25. The van der Waals surface area contributed by atoms with Gasteiger partial charge in [0, 0.05) is 17.3 Å². The van der Waals surface area contributed by atoms with Gasteiger partial charge in [0.25, 0.3) is 0 Å². The van der Waals surface area contributed by atoms with Crippen LogP contribution in [-0.4, -0.2) is 11.6 Å². The fraction of sp³-hybridized carbons (Fsp3) is 0.278. The summed E-state index contributed by atoms with van der Waals surface area (Å²) in [6.45, 7) is 3.49. The number of amides is 1. The first kappa shape index (κ1) is 15.3. The van der Waals surface area contributed by atoms with Gasteiger partial charge in [-0.25, -0.2) is 0 Å². The third-order valence-corrected chi connectivity index (χ3v) is 4.75. The number of fused-ring (bicyclic) bond motifs is 1. The number of halogens is 1. The van der Waals surface area contributed by atoms with E-state index >= 15 is 0 Å². The lowest BCUT2D eigenvalue weighted by atomic mass is 9.79. The van der Waals surface area contributed by atoms with Crippen molar-refractivity contribution < 1.29 is 4.79 Å². The SMILES string of the molecule is CC(=O)N1c2cc(Br)ccc2C(c2ccccc2)CC1(C)N. The van der Waals surface area contributed by atoms with Gasteiger partial charge in [-0.3, -0.25) is 9.69 Å². The minimum atomic E-state index is -0.708. The molecule has 1 amide bonds. The van der Waals surface area contributed by atoms with Crippen LogP contribution in [-0.2, 0) is 4.79 Å². The minimum Gasteiger partial charge on any atom is -0.309 e. The van der Waals surface area contributed by atoms with Crippen molar-refractivity contribution in [1.29, 1.82) is 0 Å². The van der Waals surface area contributed by atoms with E-state index < -0.39 is 5.66 Å². The average Bonchev–Trinajstić information content (AvgIpc) is 2.45. The maximum atomic E-state index is 12.2. The van der Waals surface area contributed by atoms with E-state index in [4.69, 9.17) is 5.73 Å². The van der Waals surface area contributed by atoms with Crippen LogP contribution in [0.15, 0.2) is 53.0 Å². The molecule has 3 nitrogen and oxygen atoms in total. The van der Waals surface area contributed by atoms with E-state index in [-0.39, 0.29) is 11.8 Å². The first-order valence-corrected chi connectivity index (χ1v) is 8.13. The Kier molecular flexibility index (Phi) is 3.83. The number of nitrogens with zero attached hydrogens (tertiary/aromatic N) is 1. The van der Waals surface area contributed by atoms with Crippen molar-refractivity contribution in [1.82, 2.24) is 0 Å². The second kappa shape index (κ2) is 5.52. The number of carbonyl (C=O) groups excluding carboxylic acids is 1. The zero-order chi connectivity index (χ0) is 15.9. The number of anilines is 1. The summed E-state index contributed by atoms with van der Waals surface area (Å²) in [4.78, 5) is 13.9. The number of rotatable bonds is 1. The monoisotopic (exact) mass is 358 g/mol. The lowest BCUT2D eigenvalue weighted by Crippen LogP contribution is -2.59. The van der Waals surface area contributed by atoms with Crippen molar-refractivity contribution >= 4 is 27.5 Å². The second-order valence-corrected chi connectivity index (χ2v) is 7.00. The van der Waals surface area contributed by atoms with Gasteiger partial charge in [-0.05, 0) is 36.6 Å². The summed E-state index contributed by atoms with van der Waals surface area (Å²) < 4.78 is 0.946. The molecule has 0 bridgehead atoms.